The van der Waals surface area contributed by atoms with Crippen LogP contribution < -0.4 is 0 Å². The van der Waals surface area contributed by atoms with Gasteiger partial charge in [0.1, 0.15) is 0 Å². The van der Waals surface area contributed by atoms with E-state index >= 15 is 0 Å². The van der Waals surface area contributed by atoms with E-state index in [1.165, 1.54) is 48.8 Å². The molecule has 0 aliphatic heterocycles. The number of allylic oxidation sites excluding steroid dienone is 1. The molecule has 1 heteroatoms. The second-order valence-electron chi connectivity index (χ2n) is 7.06. The Morgan fingerprint density at radius 3 is 2.20 bits per heavy atom. The zero-order valence-electron chi connectivity index (χ0n) is 13.1. The Morgan fingerprint density at radius 2 is 1.70 bits per heavy atom. The number of hydrogen-bond acceptors (Lipinski definition) is 0. The fourth-order valence-corrected chi connectivity index (χ4v) is 3.33. The molecule has 0 saturated heterocycles. The van der Waals surface area contributed by atoms with Crippen LogP contribution in [0.5, 0.6) is 0 Å². The summed E-state index contributed by atoms with van der Waals surface area (Å²) >= 11 is 6.19. The molecule has 1 aliphatic rings. The van der Waals surface area contributed by atoms with Gasteiger partial charge in [0.25, 0.3) is 0 Å². The summed E-state index contributed by atoms with van der Waals surface area (Å²) in [5.41, 5.74) is 4.33. The first-order valence-corrected chi connectivity index (χ1v) is 8.41. The Morgan fingerprint density at radius 1 is 1.10 bits per heavy atom. The first-order chi connectivity index (χ1) is 9.50. The highest BCUT2D eigenvalue weighted by Crippen LogP contribution is 2.31. The van der Waals surface area contributed by atoms with Gasteiger partial charge in [0, 0.05) is 5.88 Å². The maximum atomic E-state index is 6.19. The smallest absolute Gasteiger partial charge is 0.0439 e. The number of alkyl halides is 1. The van der Waals surface area contributed by atoms with Gasteiger partial charge in [-0.3, -0.25) is 0 Å². The lowest BCUT2D eigenvalue weighted by Gasteiger charge is -2.23. The van der Waals surface area contributed by atoms with Crippen molar-refractivity contribution in [2.24, 2.45) is 5.92 Å². The third-order valence-corrected chi connectivity index (χ3v) is 4.72. The highest BCUT2D eigenvalue weighted by Gasteiger charge is 2.17. The predicted molar refractivity (Wildman–Crippen MR) is 90.4 cm³/mol. The molecule has 0 amide bonds. The number of hydrogen-bond donors (Lipinski definition) is 0. The molecule has 0 N–H and O–H groups in total. The average molecular weight is 291 g/mol. The van der Waals surface area contributed by atoms with Crippen molar-refractivity contribution in [3.8, 4) is 0 Å². The summed E-state index contributed by atoms with van der Waals surface area (Å²) in [6.07, 6.45) is 9.07. The number of halogens is 1. The second-order valence-corrected chi connectivity index (χ2v) is 7.33. The molecule has 0 nitrogen and oxygen atoms in total. The lowest BCUT2D eigenvalue weighted by atomic mass is 9.83. The van der Waals surface area contributed by atoms with Gasteiger partial charge in [0.15, 0.2) is 0 Å². The Labute approximate surface area is 129 Å². The van der Waals surface area contributed by atoms with Crippen LogP contribution in [0.25, 0.3) is 6.08 Å². The lowest BCUT2D eigenvalue weighted by Crippen LogP contribution is -2.11. The van der Waals surface area contributed by atoms with E-state index in [0.29, 0.717) is 11.8 Å². The molecule has 1 aliphatic carbocycles. The summed E-state index contributed by atoms with van der Waals surface area (Å²) < 4.78 is 0. The van der Waals surface area contributed by atoms with Crippen LogP contribution in [0.3, 0.4) is 0 Å². The average Bonchev–Trinajstić information content (AvgIpc) is 2.45. The first-order valence-electron chi connectivity index (χ1n) is 7.87. The molecule has 2 rings (SSSR count). The van der Waals surface area contributed by atoms with Crippen molar-refractivity contribution in [2.45, 2.75) is 58.3 Å². The van der Waals surface area contributed by atoms with Crippen molar-refractivity contribution in [3.63, 3.8) is 0 Å². The molecule has 20 heavy (non-hydrogen) atoms. The lowest BCUT2D eigenvalue weighted by molar-refractivity contribution is 0.405. The topological polar surface area (TPSA) is 0 Å². The molecule has 110 valence electrons. The fraction of sp³-hybridized carbons (Fsp3) is 0.579. The molecular formula is C19H27Cl. The normalized spacial score (nSPS) is 18.3. The zero-order chi connectivity index (χ0) is 14.6. The van der Waals surface area contributed by atoms with Crippen LogP contribution in [0.1, 0.15) is 64.0 Å². The van der Waals surface area contributed by atoms with Crippen molar-refractivity contribution in [1.82, 2.24) is 0 Å². The summed E-state index contributed by atoms with van der Waals surface area (Å²) in [6, 6.07) is 8.96. The molecule has 0 aromatic heterocycles. The van der Waals surface area contributed by atoms with Crippen LogP contribution in [0.15, 0.2) is 29.8 Å². The van der Waals surface area contributed by atoms with Crippen molar-refractivity contribution in [3.05, 3.63) is 41.0 Å². The van der Waals surface area contributed by atoms with E-state index < -0.39 is 0 Å². The summed E-state index contributed by atoms with van der Waals surface area (Å²) in [4.78, 5) is 0. The Balaban J connectivity index is 2.15. The van der Waals surface area contributed by atoms with Gasteiger partial charge in [0.05, 0.1) is 0 Å². The van der Waals surface area contributed by atoms with Gasteiger partial charge >= 0.3 is 0 Å². The van der Waals surface area contributed by atoms with E-state index in [-0.39, 0.29) is 5.41 Å². The Bertz CT molecular complexity index is 442. The molecular weight excluding hydrogens is 264 g/mol. The van der Waals surface area contributed by atoms with Crippen LogP contribution in [0.2, 0.25) is 0 Å². The molecule has 0 heterocycles. The highest BCUT2D eigenvalue weighted by molar-refractivity contribution is 6.19. The number of rotatable bonds is 3. The van der Waals surface area contributed by atoms with Gasteiger partial charge in [-0.2, -0.15) is 0 Å². The fourth-order valence-electron chi connectivity index (χ4n) is 3.03. The maximum absolute atomic E-state index is 6.19. The van der Waals surface area contributed by atoms with E-state index in [4.69, 9.17) is 11.6 Å². The molecule has 0 spiro atoms. The predicted octanol–water partition coefficient (Wildman–Crippen LogP) is 6.19. The minimum atomic E-state index is 0.223. The van der Waals surface area contributed by atoms with E-state index in [9.17, 15) is 0 Å². The van der Waals surface area contributed by atoms with E-state index in [1.807, 2.05) is 0 Å². The van der Waals surface area contributed by atoms with E-state index in [1.54, 1.807) is 0 Å². The molecule has 0 bridgehead atoms. The second kappa shape index (κ2) is 6.80. The van der Waals surface area contributed by atoms with E-state index in [2.05, 4.69) is 51.1 Å². The van der Waals surface area contributed by atoms with Crippen molar-refractivity contribution in [1.29, 1.82) is 0 Å². The van der Waals surface area contributed by atoms with Gasteiger partial charge < -0.3 is 0 Å². The number of benzene rings is 1. The van der Waals surface area contributed by atoms with Gasteiger partial charge in [-0.1, -0.05) is 75.9 Å². The van der Waals surface area contributed by atoms with Crippen molar-refractivity contribution < 1.29 is 0 Å². The monoisotopic (exact) mass is 290 g/mol. The van der Waals surface area contributed by atoms with Gasteiger partial charge in [-0.25, -0.2) is 0 Å². The summed E-state index contributed by atoms with van der Waals surface area (Å²) in [5.74, 6) is 1.38. The molecule has 1 aromatic carbocycles. The van der Waals surface area contributed by atoms with Crippen molar-refractivity contribution in [2.75, 3.05) is 5.88 Å². The molecule has 0 unspecified atom stereocenters. The SMILES string of the molecule is CC(C)(C)c1ccc(/C=C(/CCl)C2CCCCC2)cc1. The highest BCUT2D eigenvalue weighted by atomic mass is 35.5. The van der Waals surface area contributed by atoms with E-state index in [0.717, 1.165) is 0 Å². The van der Waals surface area contributed by atoms with Crippen LogP contribution in [-0.2, 0) is 5.41 Å². The third-order valence-electron chi connectivity index (χ3n) is 4.41. The summed E-state index contributed by atoms with van der Waals surface area (Å²) in [6.45, 7) is 6.76. The zero-order valence-corrected chi connectivity index (χ0v) is 13.8. The van der Waals surface area contributed by atoms with Crippen molar-refractivity contribution >= 4 is 17.7 Å². The summed E-state index contributed by atoms with van der Waals surface area (Å²) in [5, 5.41) is 0. The van der Waals surface area contributed by atoms with Crippen LogP contribution in [-0.4, -0.2) is 5.88 Å². The van der Waals surface area contributed by atoms with Crippen LogP contribution >= 0.6 is 11.6 Å². The molecule has 0 radical (unpaired) electrons. The minimum Gasteiger partial charge on any atom is -0.122 e. The molecule has 1 fully saturated rings. The first kappa shape index (κ1) is 15.6. The standard InChI is InChI=1S/C19H27Cl/c1-19(2,3)18-11-9-15(10-12-18)13-17(14-20)16-7-5-4-6-8-16/h9-13,16H,4-8,14H2,1-3H3/b17-13-. The Kier molecular flexibility index (Phi) is 5.32. The quantitative estimate of drug-likeness (QED) is 0.583. The van der Waals surface area contributed by atoms with Crippen LogP contribution in [0, 0.1) is 5.92 Å². The molecule has 1 aromatic rings. The largest absolute Gasteiger partial charge is 0.122 e. The maximum Gasteiger partial charge on any atom is 0.0439 e. The van der Waals surface area contributed by atoms with Gasteiger partial charge in [0.2, 0.25) is 0 Å². The third kappa shape index (κ3) is 4.12. The summed E-state index contributed by atoms with van der Waals surface area (Å²) in [7, 11) is 0. The van der Waals surface area contributed by atoms with Crippen LogP contribution in [0.4, 0.5) is 0 Å². The molecule has 1 saturated carbocycles. The minimum absolute atomic E-state index is 0.223. The van der Waals surface area contributed by atoms with Gasteiger partial charge in [-0.15, -0.1) is 11.6 Å². The Hall–Kier alpha value is -0.750. The molecule has 0 atom stereocenters. The van der Waals surface area contributed by atoms with Gasteiger partial charge in [-0.05, 0) is 35.3 Å².